The number of nitro benzene ring substituents is 1. The molecule has 0 saturated carbocycles. The van der Waals surface area contributed by atoms with Gasteiger partial charge in [-0.15, -0.1) is 0 Å². The van der Waals surface area contributed by atoms with Gasteiger partial charge in [0.2, 0.25) is 0 Å². The summed E-state index contributed by atoms with van der Waals surface area (Å²) in [5, 5.41) is 20.2. The predicted molar refractivity (Wildman–Crippen MR) is 77.1 cm³/mol. The number of carboxylic acids is 1. The minimum Gasteiger partial charge on any atom is -0.480 e. The molecule has 0 aliphatic carbocycles. The van der Waals surface area contributed by atoms with Crippen LogP contribution < -0.4 is 4.90 Å². The van der Waals surface area contributed by atoms with Crippen LogP contribution in [0.3, 0.4) is 0 Å². The zero-order chi connectivity index (χ0) is 16.3. The maximum absolute atomic E-state index is 11.9. The van der Waals surface area contributed by atoms with E-state index in [1.165, 1.54) is 18.2 Å². The molecule has 0 unspecified atom stereocenters. The van der Waals surface area contributed by atoms with Gasteiger partial charge in [0.1, 0.15) is 11.6 Å². The highest BCUT2D eigenvalue weighted by Gasteiger charge is 2.32. The molecule has 1 fully saturated rings. The fraction of sp³-hybridized carbons (Fsp3) is 0.429. The van der Waals surface area contributed by atoms with Gasteiger partial charge in [0, 0.05) is 18.3 Å². The quantitative estimate of drug-likeness (QED) is 0.502. The number of benzene rings is 1. The van der Waals surface area contributed by atoms with Crippen LogP contribution in [-0.2, 0) is 9.53 Å². The molecule has 1 N–H and O–H groups in total. The third-order valence-corrected chi connectivity index (χ3v) is 3.54. The number of aliphatic carboxylic acids is 1. The molecule has 1 atom stereocenters. The molecule has 1 heterocycles. The minimum atomic E-state index is -0.950. The van der Waals surface area contributed by atoms with E-state index in [-0.39, 0.29) is 17.9 Å². The van der Waals surface area contributed by atoms with Gasteiger partial charge in [0.05, 0.1) is 11.5 Å². The van der Waals surface area contributed by atoms with Crippen LogP contribution in [0.2, 0.25) is 0 Å². The number of rotatable bonds is 5. The lowest BCUT2D eigenvalue weighted by atomic mass is 10.1. The zero-order valence-electron chi connectivity index (χ0n) is 12.0. The third-order valence-electron chi connectivity index (χ3n) is 3.54. The molecule has 118 valence electrons. The molecular formula is C14H16N2O6. The number of anilines is 1. The average molecular weight is 308 g/mol. The fourth-order valence-corrected chi connectivity index (χ4v) is 2.57. The summed E-state index contributed by atoms with van der Waals surface area (Å²) in [6.45, 7) is 2.23. The summed E-state index contributed by atoms with van der Waals surface area (Å²) in [7, 11) is 0. The van der Waals surface area contributed by atoms with Crippen LogP contribution in [0.4, 0.5) is 11.4 Å². The molecule has 1 aliphatic heterocycles. The van der Waals surface area contributed by atoms with E-state index in [9.17, 15) is 24.8 Å². The van der Waals surface area contributed by atoms with Crippen molar-refractivity contribution in [2.45, 2.75) is 25.8 Å². The first-order valence-electron chi connectivity index (χ1n) is 6.90. The maximum atomic E-state index is 11.9. The van der Waals surface area contributed by atoms with Crippen LogP contribution in [-0.4, -0.2) is 41.2 Å². The van der Waals surface area contributed by atoms with Crippen molar-refractivity contribution in [3.8, 4) is 0 Å². The Bertz CT molecular complexity index is 615. The second-order valence-corrected chi connectivity index (χ2v) is 4.87. The normalized spacial score (nSPS) is 17.3. The Balaban J connectivity index is 2.42. The van der Waals surface area contributed by atoms with Gasteiger partial charge in [-0.05, 0) is 31.9 Å². The van der Waals surface area contributed by atoms with Gasteiger partial charge < -0.3 is 14.7 Å². The topological polar surface area (TPSA) is 110 Å². The van der Waals surface area contributed by atoms with Gasteiger partial charge in [0.15, 0.2) is 0 Å². The molecule has 1 aromatic carbocycles. The number of ether oxygens (including phenoxy) is 1. The van der Waals surface area contributed by atoms with Gasteiger partial charge in [-0.1, -0.05) is 0 Å². The van der Waals surface area contributed by atoms with E-state index in [0.717, 1.165) is 0 Å². The first kappa shape index (κ1) is 15.7. The van der Waals surface area contributed by atoms with Gasteiger partial charge in [-0.2, -0.15) is 0 Å². The number of hydrogen-bond acceptors (Lipinski definition) is 6. The van der Waals surface area contributed by atoms with Gasteiger partial charge in [-0.3, -0.25) is 10.1 Å². The summed E-state index contributed by atoms with van der Waals surface area (Å²) >= 11 is 0. The highest BCUT2D eigenvalue weighted by molar-refractivity contribution is 5.95. The molecular weight excluding hydrogens is 292 g/mol. The molecule has 0 bridgehead atoms. The number of carbonyl (C=O) groups is 2. The number of nitrogens with zero attached hydrogens (tertiary/aromatic N) is 2. The Morgan fingerprint density at radius 3 is 2.82 bits per heavy atom. The van der Waals surface area contributed by atoms with Crippen molar-refractivity contribution in [3.05, 3.63) is 33.9 Å². The monoisotopic (exact) mass is 308 g/mol. The lowest BCUT2D eigenvalue weighted by Gasteiger charge is -2.23. The molecule has 8 nitrogen and oxygen atoms in total. The van der Waals surface area contributed by atoms with E-state index in [0.29, 0.717) is 25.1 Å². The Labute approximate surface area is 126 Å². The lowest BCUT2D eigenvalue weighted by molar-refractivity contribution is -0.385. The highest BCUT2D eigenvalue weighted by atomic mass is 16.6. The molecule has 22 heavy (non-hydrogen) atoms. The Morgan fingerprint density at radius 2 is 2.23 bits per heavy atom. The van der Waals surface area contributed by atoms with E-state index in [2.05, 4.69) is 0 Å². The maximum Gasteiger partial charge on any atom is 0.345 e. The van der Waals surface area contributed by atoms with Crippen molar-refractivity contribution in [2.75, 3.05) is 18.1 Å². The lowest BCUT2D eigenvalue weighted by Crippen LogP contribution is -2.36. The van der Waals surface area contributed by atoms with E-state index in [4.69, 9.17) is 4.74 Å². The summed E-state index contributed by atoms with van der Waals surface area (Å²) in [6, 6.07) is 3.31. The minimum absolute atomic E-state index is 0.0989. The Hall–Kier alpha value is -2.64. The SMILES string of the molecule is CCOC(=O)c1cc(N2CCC[C@@H]2C(=O)O)ccc1[N+](=O)[O-]. The second kappa shape index (κ2) is 6.42. The van der Waals surface area contributed by atoms with Crippen molar-refractivity contribution < 1.29 is 24.4 Å². The molecule has 0 aromatic heterocycles. The molecule has 0 radical (unpaired) electrons. The van der Waals surface area contributed by atoms with Crippen molar-refractivity contribution in [1.29, 1.82) is 0 Å². The first-order valence-corrected chi connectivity index (χ1v) is 6.90. The number of esters is 1. The average Bonchev–Trinajstić information content (AvgIpc) is 2.96. The zero-order valence-corrected chi connectivity index (χ0v) is 12.0. The summed E-state index contributed by atoms with van der Waals surface area (Å²) in [4.78, 5) is 35.1. The fourth-order valence-electron chi connectivity index (χ4n) is 2.57. The largest absolute Gasteiger partial charge is 0.480 e. The standard InChI is InChI=1S/C14H16N2O6/c1-2-22-14(19)10-8-9(5-6-11(10)16(20)21)15-7-3-4-12(15)13(17)18/h5-6,8,12H,2-4,7H2,1H3,(H,17,18)/t12-/m1/s1. The molecule has 8 heteroatoms. The molecule has 1 aromatic rings. The molecule has 0 amide bonds. The second-order valence-electron chi connectivity index (χ2n) is 4.87. The van der Waals surface area contributed by atoms with Crippen LogP contribution in [0.25, 0.3) is 0 Å². The van der Waals surface area contributed by atoms with E-state index < -0.39 is 22.9 Å². The Kier molecular flexibility index (Phi) is 4.59. The van der Waals surface area contributed by atoms with Gasteiger partial charge >= 0.3 is 11.9 Å². The smallest absolute Gasteiger partial charge is 0.345 e. The van der Waals surface area contributed by atoms with Crippen LogP contribution in [0, 0.1) is 10.1 Å². The van der Waals surface area contributed by atoms with E-state index in [1.807, 2.05) is 0 Å². The predicted octanol–water partition coefficient (Wildman–Crippen LogP) is 1.82. The molecule has 1 saturated heterocycles. The number of carboxylic acid groups (broad SMARTS) is 1. The number of carbonyl (C=O) groups excluding carboxylic acids is 1. The molecule has 1 aliphatic rings. The number of nitro groups is 1. The van der Waals surface area contributed by atoms with E-state index in [1.54, 1.807) is 11.8 Å². The van der Waals surface area contributed by atoms with Crippen LogP contribution in [0.5, 0.6) is 0 Å². The molecule has 0 spiro atoms. The van der Waals surface area contributed by atoms with E-state index >= 15 is 0 Å². The summed E-state index contributed by atoms with van der Waals surface area (Å²) in [5.41, 5.74) is -0.0489. The molecule has 2 rings (SSSR count). The van der Waals surface area contributed by atoms with Gasteiger partial charge in [0.25, 0.3) is 5.69 Å². The Morgan fingerprint density at radius 1 is 1.50 bits per heavy atom. The van der Waals surface area contributed by atoms with Crippen molar-refractivity contribution >= 4 is 23.3 Å². The van der Waals surface area contributed by atoms with Crippen molar-refractivity contribution in [2.24, 2.45) is 0 Å². The van der Waals surface area contributed by atoms with Crippen molar-refractivity contribution in [1.82, 2.24) is 0 Å². The van der Waals surface area contributed by atoms with Crippen LogP contribution >= 0.6 is 0 Å². The van der Waals surface area contributed by atoms with Gasteiger partial charge in [-0.25, -0.2) is 9.59 Å². The van der Waals surface area contributed by atoms with Crippen LogP contribution in [0.1, 0.15) is 30.1 Å². The third kappa shape index (κ3) is 3.00. The van der Waals surface area contributed by atoms with Crippen LogP contribution in [0.15, 0.2) is 18.2 Å². The summed E-state index contributed by atoms with van der Waals surface area (Å²) in [5.74, 6) is -1.74. The summed E-state index contributed by atoms with van der Waals surface area (Å²) < 4.78 is 4.83. The summed E-state index contributed by atoms with van der Waals surface area (Å²) in [6.07, 6.45) is 1.21. The first-order chi connectivity index (χ1) is 10.5. The van der Waals surface area contributed by atoms with Crippen molar-refractivity contribution in [3.63, 3.8) is 0 Å². The highest BCUT2D eigenvalue weighted by Crippen LogP contribution is 2.30. The number of hydrogen-bond donors (Lipinski definition) is 1.